The van der Waals surface area contributed by atoms with Crippen LogP contribution in [0.1, 0.15) is 12.8 Å². The minimum Gasteiger partial charge on any atom is -0.344 e. The van der Waals surface area contributed by atoms with Crippen LogP contribution in [0.3, 0.4) is 0 Å². The third-order valence-electron chi connectivity index (χ3n) is 2.68. The number of rotatable bonds is 2. The summed E-state index contributed by atoms with van der Waals surface area (Å²) in [5.41, 5.74) is 1.39. The molecular formula is C9H9F3N4O2S. The molecule has 1 aliphatic rings. The summed E-state index contributed by atoms with van der Waals surface area (Å²) in [4.78, 5) is 23.2. The standard InChI is InChI=1S/C9H9F3N4O2S/c10-9(11,12)5-2-1-4(6(17)14-5)7(18)15-8-16-13-3-19-8/h3-5H,1-2H2,(H,14,17)(H,15,16,18)/t4-,5-/m0/s1. The number of anilines is 1. The van der Waals surface area contributed by atoms with Crippen LogP contribution in [0.5, 0.6) is 0 Å². The topological polar surface area (TPSA) is 84.0 Å². The van der Waals surface area contributed by atoms with Crippen molar-refractivity contribution in [2.45, 2.75) is 25.1 Å². The third kappa shape index (κ3) is 3.19. The lowest BCUT2D eigenvalue weighted by atomic mass is 9.93. The second kappa shape index (κ2) is 5.11. The molecule has 6 nitrogen and oxygen atoms in total. The zero-order chi connectivity index (χ0) is 14.0. The zero-order valence-electron chi connectivity index (χ0n) is 9.40. The number of aromatic nitrogens is 2. The Bertz CT molecular complexity index is 476. The van der Waals surface area contributed by atoms with Gasteiger partial charge in [0, 0.05) is 0 Å². The maximum absolute atomic E-state index is 12.4. The normalized spacial score (nSPS) is 23.8. The van der Waals surface area contributed by atoms with Gasteiger partial charge in [0.15, 0.2) is 0 Å². The van der Waals surface area contributed by atoms with E-state index in [1.807, 2.05) is 5.32 Å². The number of nitrogens with zero attached hydrogens (tertiary/aromatic N) is 2. The molecule has 0 unspecified atom stereocenters. The summed E-state index contributed by atoms with van der Waals surface area (Å²) in [6, 6.07) is -1.88. The molecule has 0 radical (unpaired) electrons. The number of piperidine rings is 1. The summed E-state index contributed by atoms with van der Waals surface area (Å²) in [5.74, 6) is -2.73. The minimum atomic E-state index is -4.49. The number of amides is 2. The summed E-state index contributed by atoms with van der Waals surface area (Å²) in [7, 11) is 0. The first-order chi connectivity index (χ1) is 8.88. The van der Waals surface area contributed by atoms with E-state index in [1.165, 1.54) is 5.51 Å². The monoisotopic (exact) mass is 294 g/mol. The summed E-state index contributed by atoms with van der Waals surface area (Å²) in [6.45, 7) is 0. The van der Waals surface area contributed by atoms with Crippen LogP contribution in [0, 0.1) is 5.92 Å². The quantitative estimate of drug-likeness (QED) is 0.795. The van der Waals surface area contributed by atoms with Crippen molar-refractivity contribution in [2.24, 2.45) is 5.92 Å². The van der Waals surface area contributed by atoms with Crippen LogP contribution in [0.25, 0.3) is 0 Å². The Labute approximate surface area is 109 Å². The van der Waals surface area contributed by atoms with Crippen LogP contribution in [0.2, 0.25) is 0 Å². The molecule has 1 aliphatic heterocycles. The lowest BCUT2D eigenvalue weighted by Crippen LogP contribution is -2.53. The van der Waals surface area contributed by atoms with Crippen molar-refractivity contribution in [3.63, 3.8) is 0 Å². The number of carbonyl (C=O) groups is 2. The highest BCUT2D eigenvalue weighted by atomic mass is 32.1. The minimum absolute atomic E-state index is 0.152. The number of alkyl halides is 3. The van der Waals surface area contributed by atoms with Gasteiger partial charge in [-0.3, -0.25) is 14.9 Å². The summed E-state index contributed by atoms with van der Waals surface area (Å²) >= 11 is 1.06. The smallest absolute Gasteiger partial charge is 0.344 e. The summed E-state index contributed by atoms with van der Waals surface area (Å²) in [6.07, 6.45) is -4.96. The van der Waals surface area contributed by atoms with Gasteiger partial charge in [-0.1, -0.05) is 11.3 Å². The first-order valence-electron chi connectivity index (χ1n) is 5.32. The average molecular weight is 294 g/mol. The van der Waals surface area contributed by atoms with E-state index in [1.54, 1.807) is 0 Å². The molecule has 10 heteroatoms. The molecule has 0 spiro atoms. The Kier molecular flexibility index (Phi) is 3.69. The van der Waals surface area contributed by atoms with E-state index in [4.69, 9.17) is 0 Å². The van der Waals surface area contributed by atoms with E-state index >= 15 is 0 Å². The number of hydrogen-bond acceptors (Lipinski definition) is 5. The molecule has 2 rings (SSSR count). The van der Waals surface area contributed by atoms with Crippen molar-refractivity contribution in [2.75, 3.05) is 5.32 Å². The van der Waals surface area contributed by atoms with Gasteiger partial charge >= 0.3 is 6.18 Å². The molecule has 0 saturated carbocycles. The number of halogens is 3. The largest absolute Gasteiger partial charge is 0.408 e. The van der Waals surface area contributed by atoms with Gasteiger partial charge in [-0.25, -0.2) is 0 Å². The third-order valence-corrected chi connectivity index (χ3v) is 3.29. The van der Waals surface area contributed by atoms with Crippen LogP contribution in [-0.4, -0.2) is 34.2 Å². The van der Waals surface area contributed by atoms with Crippen molar-refractivity contribution in [3.05, 3.63) is 5.51 Å². The SMILES string of the molecule is O=C(Nc1nncs1)[C@H]1CC[C@@H](C(F)(F)F)NC1=O. The van der Waals surface area contributed by atoms with Crippen molar-refractivity contribution in [3.8, 4) is 0 Å². The highest BCUT2D eigenvalue weighted by Crippen LogP contribution is 2.28. The van der Waals surface area contributed by atoms with Gasteiger partial charge in [0.25, 0.3) is 0 Å². The van der Waals surface area contributed by atoms with Gasteiger partial charge in [-0.15, -0.1) is 10.2 Å². The fraction of sp³-hybridized carbons (Fsp3) is 0.556. The van der Waals surface area contributed by atoms with Gasteiger partial charge < -0.3 is 5.32 Å². The first-order valence-corrected chi connectivity index (χ1v) is 6.20. The van der Waals surface area contributed by atoms with E-state index in [0.29, 0.717) is 0 Å². The van der Waals surface area contributed by atoms with Crippen LogP contribution in [0.15, 0.2) is 5.51 Å². The molecular weight excluding hydrogens is 285 g/mol. The van der Waals surface area contributed by atoms with Crippen LogP contribution >= 0.6 is 11.3 Å². The van der Waals surface area contributed by atoms with Crippen LogP contribution in [-0.2, 0) is 9.59 Å². The van der Waals surface area contributed by atoms with E-state index in [9.17, 15) is 22.8 Å². The summed E-state index contributed by atoms with van der Waals surface area (Å²) < 4.78 is 37.2. The van der Waals surface area contributed by atoms with Crippen LogP contribution in [0.4, 0.5) is 18.3 Å². The maximum atomic E-state index is 12.4. The molecule has 1 saturated heterocycles. The first kappa shape index (κ1) is 13.7. The number of carbonyl (C=O) groups excluding carboxylic acids is 2. The predicted octanol–water partition coefficient (Wildman–Crippen LogP) is 0.934. The molecule has 2 heterocycles. The Morgan fingerprint density at radius 3 is 2.74 bits per heavy atom. The fourth-order valence-electron chi connectivity index (χ4n) is 1.72. The Balaban J connectivity index is 1.96. The summed E-state index contributed by atoms with van der Waals surface area (Å²) in [5, 5.41) is 11.4. The van der Waals surface area contributed by atoms with Crippen LogP contribution < -0.4 is 10.6 Å². The Hall–Kier alpha value is -1.71. The molecule has 2 amide bonds. The highest BCUT2D eigenvalue weighted by molar-refractivity contribution is 7.13. The molecule has 2 atom stereocenters. The molecule has 104 valence electrons. The Morgan fingerprint density at radius 1 is 1.47 bits per heavy atom. The van der Waals surface area contributed by atoms with Gasteiger partial charge in [-0.2, -0.15) is 13.2 Å². The highest BCUT2D eigenvalue weighted by Gasteiger charge is 2.45. The van der Waals surface area contributed by atoms with Gasteiger partial charge in [-0.05, 0) is 12.8 Å². The Morgan fingerprint density at radius 2 is 2.21 bits per heavy atom. The van der Waals surface area contributed by atoms with Crippen molar-refractivity contribution in [1.29, 1.82) is 0 Å². The predicted molar refractivity (Wildman–Crippen MR) is 59.2 cm³/mol. The van der Waals surface area contributed by atoms with Gasteiger partial charge in [0.05, 0.1) is 0 Å². The van der Waals surface area contributed by atoms with Crippen molar-refractivity contribution in [1.82, 2.24) is 15.5 Å². The van der Waals surface area contributed by atoms with E-state index in [2.05, 4.69) is 15.5 Å². The molecule has 0 bridgehead atoms. The van der Waals surface area contributed by atoms with Crippen molar-refractivity contribution < 1.29 is 22.8 Å². The number of hydrogen-bond donors (Lipinski definition) is 2. The molecule has 19 heavy (non-hydrogen) atoms. The maximum Gasteiger partial charge on any atom is 0.408 e. The van der Waals surface area contributed by atoms with Crippen molar-refractivity contribution >= 4 is 28.3 Å². The fourth-order valence-corrected chi connectivity index (χ4v) is 2.17. The molecule has 1 fully saturated rings. The zero-order valence-corrected chi connectivity index (χ0v) is 10.2. The van der Waals surface area contributed by atoms with Gasteiger partial charge in [0.1, 0.15) is 17.5 Å². The van der Waals surface area contributed by atoms with E-state index < -0.39 is 30.0 Å². The van der Waals surface area contributed by atoms with E-state index in [0.717, 1.165) is 11.3 Å². The molecule has 1 aromatic heterocycles. The second-order valence-electron chi connectivity index (χ2n) is 3.97. The molecule has 2 N–H and O–H groups in total. The van der Waals surface area contributed by atoms with E-state index in [-0.39, 0.29) is 18.0 Å². The second-order valence-corrected chi connectivity index (χ2v) is 4.80. The number of nitrogens with one attached hydrogen (secondary N) is 2. The van der Waals surface area contributed by atoms with Gasteiger partial charge in [0.2, 0.25) is 16.9 Å². The average Bonchev–Trinajstić information content (AvgIpc) is 2.80. The lowest BCUT2D eigenvalue weighted by molar-refractivity contribution is -0.170. The lowest BCUT2D eigenvalue weighted by Gasteiger charge is -2.29. The molecule has 1 aromatic rings. The molecule has 0 aliphatic carbocycles. The molecule has 0 aromatic carbocycles.